The van der Waals surface area contributed by atoms with E-state index in [4.69, 9.17) is 15.2 Å². The van der Waals surface area contributed by atoms with E-state index in [1.807, 2.05) is 31.3 Å². The number of aryl methyl sites for hydroxylation is 1. The highest BCUT2D eigenvalue weighted by Crippen LogP contribution is 2.26. The first-order chi connectivity index (χ1) is 8.63. The zero-order valence-electron chi connectivity index (χ0n) is 10.8. The number of methoxy groups -OCH3 is 2. The fourth-order valence-corrected chi connectivity index (χ4v) is 1.84. The van der Waals surface area contributed by atoms with Crippen LogP contribution in [0.3, 0.4) is 0 Å². The van der Waals surface area contributed by atoms with Gasteiger partial charge in [0.25, 0.3) is 0 Å². The molecule has 0 atom stereocenters. The van der Waals surface area contributed by atoms with Gasteiger partial charge in [0.15, 0.2) is 0 Å². The van der Waals surface area contributed by atoms with Gasteiger partial charge in [-0.2, -0.15) is 5.10 Å². The maximum Gasteiger partial charge on any atom is 0.122 e. The number of nitrogens with zero attached hydrogens (tertiary/aromatic N) is 2. The smallest absolute Gasteiger partial charge is 0.122 e. The summed E-state index contributed by atoms with van der Waals surface area (Å²) in [5, 5.41) is 4.33. The summed E-state index contributed by atoms with van der Waals surface area (Å²) in [7, 11) is 5.12. The SMILES string of the molecule is COc1ccc(OC)c(Cc2cc(N)n(C)n2)c1. The van der Waals surface area contributed by atoms with Crippen molar-refractivity contribution in [3.05, 3.63) is 35.5 Å². The van der Waals surface area contributed by atoms with E-state index in [9.17, 15) is 0 Å². The Morgan fingerprint density at radius 2 is 2.00 bits per heavy atom. The van der Waals surface area contributed by atoms with Gasteiger partial charge in [0.2, 0.25) is 0 Å². The van der Waals surface area contributed by atoms with Gasteiger partial charge in [-0.15, -0.1) is 0 Å². The minimum Gasteiger partial charge on any atom is -0.497 e. The third-order valence-corrected chi connectivity index (χ3v) is 2.83. The van der Waals surface area contributed by atoms with Gasteiger partial charge in [-0.3, -0.25) is 4.68 Å². The molecule has 0 spiro atoms. The quantitative estimate of drug-likeness (QED) is 0.891. The lowest BCUT2D eigenvalue weighted by Crippen LogP contribution is -1.98. The summed E-state index contributed by atoms with van der Waals surface area (Å²) in [5.41, 5.74) is 7.69. The lowest BCUT2D eigenvalue weighted by Gasteiger charge is -2.09. The normalized spacial score (nSPS) is 10.4. The molecule has 1 aromatic heterocycles. The van der Waals surface area contributed by atoms with E-state index < -0.39 is 0 Å². The van der Waals surface area contributed by atoms with Crippen LogP contribution >= 0.6 is 0 Å². The molecule has 2 aromatic rings. The number of aromatic nitrogens is 2. The molecule has 0 aliphatic heterocycles. The van der Waals surface area contributed by atoms with Crippen molar-refractivity contribution in [3.63, 3.8) is 0 Å². The molecular weight excluding hydrogens is 230 g/mol. The molecule has 2 N–H and O–H groups in total. The summed E-state index contributed by atoms with van der Waals surface area (Å²) < 4.78 is 12.2. The molecule has 1 heterocycles. The Labute approximate surface area is 106 Å². The summed E-state index contributed by atoms with van der Waals surface area (Å²) in [4.78, 5) is 0. The standard InChI is InChI=1S/C13H17N3O2/c1-16-13(14)8-10(15-16)6-9-7-11(17-2)4-5-12(9)18-3/h4-5,7-8H,6,14H2,1-3H3. The van der Waals surface area contributed by atoms with Crippen LogP contribution in [0.4, 0.5) is 5.82 Å². The van der Waals surface area contributed by atoms with Gasteiger partial charge in [-0.05, 0) is 18.2 Å². The first kappa shape index (κ1) is 12.3. The summed E-state index contributed by atoms with van der Waals surface area (Å²) in [6, 6.07) is 7.57. The first-order valence-corrected chi connectivity index (χ1v) is 5.63. The van der Waals surface area contributed by atoms with Crippen LogP contribution in [0.1, 0.15) is 11.3 Å². The molecule has 5 heteroatoms. The third kappa shape index (κ3) is 2.40. The van der Waals surface area contributed by atoms with Crippen LogP contribution in [0.15, 0.2) is 24.3 Å². The number of benzene rings is 1. The van der Waals surface area contributed by atoms with Gasteiger partial charge < -0.3 is 15.2 Å². The molecule has 0 unspecified atom stereocenters. The molecule has 1 aromatic carbocycles. The van der Waals surface area contributed by atoms with Crippen molar-refractivity contribution in [1.82, 2.24) is 9.78 Å². The third-order valence-electron chi connectivity index (χ3n) is 2.83. The molecule has 0 saturated heterocycles. The molecule has 0 fully saturated rings. The Kier molecular flexibility index (Phi) is 3.41. The molecule has 96 valence electrons. The highest BCUT2D eigenvalue weighted by molar-refractivity contribution is 5.43. The van der Waals surface area contributed by atoms with Crippen LogP contribution in [-0.4, -0.2) is 24.0 Å². The average Bonchev–Trinajstić information content (AvgIpc) is 2.68. The molecule has 0 radical (unpaired) electrons. The number of nitrogens with two attached hydrogens (primary N) is 1. The number of nitrogen functional groups attached to an aromatic ring is 1. The van der Waals surface area contributed by atoms with Crippen LogP contribution in [0.25, 0.3) is 0 Å². The van der Waals surface area contributed by atoms with Gasteiger partial charge in [-0.1, -0.05) is 0 Å². The van der Waals surface area contributed by atoms with Gasteiger partial charge in [0, 0.05) is 25.1 Å². The number of hydrogen-bond donors (Lipinski definition) is 1. The molecular formula is C13H17N3O2. The first-order valence-electron chi connectivity index (χ1n) is 5.63. The highest BCUT2D eigenvalue weighted by atomic mass is 16.5. The number of hydrogen-bond acceptors (Lipinski definition) is 4. The maximum atomic E-state index is 5.77. The second kappa shape index (κ2) is 5.00. The van der Waals surface area contributed by atoms with Crippen LogP contribution < -0.4 is 15.2 Å². The van der Waals surface area contributed by atoms with Crippen LogP contribution in [0, 0.1) is 0 Å². The molecule has 0 amide bonds. The lowest BCUT2D eigenvalue weighted by molar-refractivity contribution is 0.399. The van der Waals surface area contributed by atoms with E-state index in [2.05, 4.69) is 5.10 Å². The number of anilines is 1. The highest BCUT2D eigenvalue weighted by Gasteiger charge is 2.09. The van der Waals surface area contributed by atoms with Crippen molar-refractivity contribution >= 4 is 5.82 Å². The maximum absolute atomic E-state index is 5.77. The predicted molar refractivity (Wildman–Crippen MR) is 70.0 cm³/mol. The van der Waals surface area contributed by atoms with E-state index in [0.29, 0.717) is 12.2 Å². The fraction of sp³-hybridized carbons (Fsp3) is 0.308. The zero-order valence-corrected chi connectivity index (χ0v) is 10.8. The molecule has 0 aliphatic rings. The predicted octanol–water partition coefficient (Wildman–Crippen LogP) is 1.61. The Balaban J connectivity index is 2.31. The van der Waals surface area contributed by atoms with Crippen molar-refractivity contribution < 1.29 is 9.47 Å². The van der Waals surface area contributed by atoms with Crippen LogP contribution in [-0.2, 0) is 13.5 Å². The van der Waals surface area contributed by atoms with Crippen molar-refractivity contribution in [1.29, 1.82) is 0 Å². The second-order valence-corrected chi connectivity index (χ2v) is 4.04. The monoisotopic (exact) mass is 247 g/mol. The Hall–Kier alpha value is -2.17. The molecule has 18 heavy (non-hydrogen) atoms. The van der Waals surface area contributed by atoms with Crippen LogP contribution in [0.5, 0.6) is 11.5 Å². The number of rotatable bonds is 4. The fourth-order valence-electron chi connectivity index (χ4n) is 1.84. The Bertz CT molecular complexity index is 530. The topological polar surface area (TPSA) is 62.3 Å². The summed E-state index contributed by atoms with van der Waals surface area (Å²) in [5.74, 6) is 2.27. The van der Waals surface area contributed by atoms with E-state index >= 15 is 0 Å². The van der Waals surface area contributed by atoms with E-state index in [0.717, 1.165) is 22.8 Å². The minimum absolute atomic E-state index is 0.645. The minimum atomic E-state index is 0.645. The van der Waals surface area contributed by atoms with Gasteiger partial charge in [0.1, 0.15) is 17.3 Å². The lowest BCUT2D eigenvalue weighted by atomic mass is 10.1. The van der Waals surface area contributed by atoms with E-state index in [1.54, 1.807) is 18.9 Å². The summed E-state index contributed by atoms with van der Waals surface area (Å²) in [6.45, 7) is 0. The Morgan fingerprint density at radius 3 is 2.56 bits per heavy atom. The molecule has 0 aliphatic carbocycles. The summed E-state index contributed by atoms with van der Waals surface area (Å²) in [6.07, 6.45) is 0.658. The van der Waals surface area contributed by atoms with Crippen molar-refractivity contribution in [2.24, 2.45) is 7.05 Å². The van der Waals surface area contributed by atoms with Crippen molar-refractivity contribution in [2.75, 3.05) is 20.0 Å². The van der Waals surface area contributed by atoms with Gasteiger partial charge in [-0.25, -0.2) is 0 Å². The molecule has 2 rings (SSSR count). The summed E-state index contributed by atoms with van der Waals surface area (Å²) >= 11 is 0. The molecule has 0 bridgehead atoms. The number of ether oxygens (including phenoxy) is 2. The molecule has 0 saturated carbocycles. The average molecular weight is 247 g/mol. The van der Waals surface area contributed by atoms with Crippen LogP contribution in [0.2, 0.25) is 0 Å². The van der Waals surface area contributed by atoms with Crippen molar-refractivity contribution in [3.8, 4) is 11.5 Å². The van der Waals surface area contributed by atoms with E-state index in [-0.39, 0.29) is 0 Å². The van der Waals surface area contributed by atoms with Gasteiger partial charge >= 0.3 is 0 Å². The van der Waals surface area contributed by atoms with E-state index in [1.165, 1.54) is 0 Å². The molecule has 5 nitrogen and oxygen atoms in total. The zero-order chi connectivity index (χ0) is 13.1. The van der Waals surface area contributed by atoms with Crippen molar-refractivity contribution in [2.45, 2.75) is 6.42 Å². The Morgan fingerprint density at radius 1 is 1.22 bits per heavy atom. The van der Waals surface area contributed by atoms with Gasteiger partial charge in [0.05, 0.1) is 19.9 Å². The largest absolute Gasteiger partial charge is 0.497 e. The second-order valence-electron chi connectivity index (χ2n) is 4.04.